The molecule has 4 aromatic carbocycles. The molecule has 3 aliphatic rings. The van der Waals surface area contributed by atoms with E-state index in [1.54, 1.807) is 4.90 Å². The van der Waals surface area contributed by atoms with Gasteiger partial charge < -0.3 is 23.8 Å². The molecule has 0 N–H and O–H groups in total. The summed E-state index contributed by atoms with van der Waals surface area (Å²) in [6.07, 6.45) is 5.95. The Hall–Kier alpha value is -4.29. The summed E-state index contributed by atoms with van der Waals surface area (Å²) < 4.78 is 24.5. The average molecular weight is 660 g/mol. The fourth-order valence-electron chi connectivity index (χ4n) is 7.54. The minimum Gasteiger partial charge on any atom is -0.490 e. The molecule has 1 saturated heterocycles. The van der Waals surface area contributed by atoms with Crippen LogP contribution in [0, 0.1) is 0 Å². The molecule has 0 bridgehead atoms. The number of amides is 1. The van der Waals surface area contributed by atoms with Gasteiger partial charge in [-0.05, 0) is 104 Å². The first kappa shape index (κ1) is 33.2. The Morgan fingerprint density at radius 3 is 2.10 bits per heavy atom. The van der Waals surface area contributed by atoms with E-state index in [-0.39, 0.29) is 30.3 Å². The van der Waals surface area contributed by atoms with Gasteiger partial charge in [0, 0.05) is 31.8 Å². The molecular formula is C43H49NO5. The van der Waals surface area contributed by atoms with Gasteiger partial charge >= 0.3 is 6.09 Å². The zero-order valence-corrected chi connectivity index (χ0v) is 29.1. The van der Waals surface area contributed by atoms with E-state index >= 15 is 0 Å². The zero-order valence-electron chi connectivity index (χ0n) is 29.1. The molecule has 6 heteroatoms. The first-order valence-electron chi connectivity index (χ1n) is 18.0. The lowest BCUT2D eigenvalue weighted by molar-refractivity contribution is -0.109. The molecule has 1 aliphatic heterocycles. The van der Waals surface area contributed by atoms with Crippen molar-refractivity contribution in [1.29, 1.82) is 0 Å². The second kappa shape index (κ2) is 14.7. The van der Waals surface area contributed by atoms with E-state index in [1.807, 2.05) is 26.8 Å². The van der Waals surface area contributed by atoms with Gasteiger partial charge in [-0.3, -0.25) is 0 Å². The minimum absolute atomic E-state index is 0.166. The summed E-state index contributed by atoms with van der Waals surface area (Å²) in [7, 11) is 0. The first-order valence-corrected chi connectivity index (χ1v) is 18.0. The maximum Gasteiger partial charge on any atom is 0.410 e. The third-order valence-electron chi connectivity index (χ3n) is 10.1. The summed E-state index contributed by atoms with van der Waals surface area (Å²) in [5.74, 6) is 2.50. The van der Waals surface area contributed by atoms with Crippen LogP contribution in [0.1, 0.15) is 92.5 Å². The van der Waals surface area contributed by atoms with Crippen LogP contribution in [0.15, 0.2) is 103 Å². The fourth-order valence-corrected chi connectivity index (χ4v) is 7.54. The van der Waals surface area contributed by atoms with Gasteiger partial charge in [0.25, 0.3) is 0 Å². The van der Waals surface area contributed by atoms with E-state index in [1.165, 1.54) is 27.8 Å². The van der Waals surface area contributed by atoms with Gasteiger partial charge in [-0.15, -0.1) is 0 Å². The number of nitrogens with zero attached hydrogens (tertiary/aromatic N) is 1. The van der Waals surface area contributed by atoms with Gasteiger partial charge in [-0.1, -0.05) is 78.9 Å². The molecular weight excluding hydrogens is 610 g/mol. The lowest BCUT2D eigenvalue weighted by atomic mass is 9.69. The summed E-state index contributed by atoms with van der Waals surface area (Å²) in [5, 5.41) is 0. The van der Waals surface area contributed by atoms with Crippen LogP contribution in [-0.4, -0.2) is 48.0 Å². The Morgan fingerprint density at radius 2 is 1.41 bits per heavy atom. The Labute approximate surface area is 291 Å². The molecule has 1 heterocycles. The number of benzene rings is 4. The molecule has 2 atom stereocenters. The monoisotopic (exact) mass is 659 g/mol. The molecule has 49 heavy (non-hydrogen) atoms. The van der Waals surface area contributed by atoms with Crippen molar-refractivity contribution in [3.05, 3.63) is 131 Å². The normalized spacial score (nSPS) is 22.5. The number of ether oxygens (including phenoxy) is 4. The van der Waals surface area contributed by atoms with Crippen LogP contribution in [0.3, 0.4) is 0 Å². The van der Waals surface area contributed by atoms with Crippen LogP contribution in [0.4, 0.5) is 4.79 Å². The quantitative estimate of drug-likeness (QED) is 0.179. The third-order valence-corrected chi connectivity index (χ3v) is 10.1. The third kappa shape index (κ3) is 8.30. The SMILES string of the molecule is CC(C)(C)OC(=O)N1CCC(OC2CC(Oc3ccc([C@@H]4c5ccc(OCc6ccccc6)cc5CC[C@@H]4c4ccccc4)cc3)C2)CC1. The summed E-state index contributed by atoms with van der Waals surface area (Å²) in [4.78, 5) is 14.2. The van der Waals surface area contributed by atoms with Gasteiger partial charge in [-0.25, -0.2) is 4.79 Å². The van der Waals surface area contributed by atoms with Crippen LogP contribution in [0.5, 0.6) is 11.5 Å². The molecule has 0 aromatic heterocycles. The van der Waals surface area contributed by atoms with Gasteiger partial charge in [0.2, 0.25) is 0 Å². The topological polar surface area (TPSA) is 57.2 Å². The van der Waals surface area contributed by atoms with Crippen molar-refractivity contribution < 1.29 is 23.7 Å². The molecule has 4 aromatic rings. The number of likely N-dealkylation sites (tertiary alicyclic amines) is 1. The average Bonchev–Trinajstić information content (AvgIpc) is 3.10. The summed E-state index contributed by atoms with van der Waals surface area (Å²) >= 11 is 0. The van der Waals surface area contributed by atoms with Crippen molar-refractivity contribution in [3.8, 4) is 11.5 Å². The predicted molar refractivity (Wildman–Crippen MR) is 192 cm³/mol. The van der Waals surface area contributed by atoms with Crippen LogP contribution in [-0.2, 0) is 22.5 Å². The molecule has 6 nitrogen and oxygen atoms in total. The second-order valence-corrected chi connectivity index (χ2v) is 14.9. The van der Waals surface area contributed by atoms with Crippen LogP contribution in [0.2, 0.25) is 0 Å². The summed E-state index contributed by atoms with van der Waals surface area (Å²) in [5.41, 5.74) is 6.16. The smallest absolute Gasteiger partial charge is 0.410 e. The Balaban J connectivity index is 0.958. The lowest BCUT2D eigenvalue weighted by Gasteiger charge is -2.40. The highest BCUT2D eigenvalue weighted by Crippen LogP contribution is 2.47. The molecule has 256 valence electrons. The fraction of sp³-hybridized carbons (Fsp3) is 0.419. The van der Waals surface area contributed by atoms with Crippen molar-refractivity contribution in [1.82, 2.24) is 4.90 Å². The molecule has 7 rings (SSSR count). The number of rotatable bonds is 9. The minimum atomic E-state index is -0.471. The van der Waals surface area contributed by atoms with Crippen molar-refractivity contribution in [3.63, 3.8) is 0 Å². The predicted octanol–water partition coefficient (Wildman–Crippen LogP) is 9.45. The van der Waals surface area contributed by atoms with E-state index < -0.39 is 5.60 Å². The van der Waals surface area contributed by atoms with Crippen molar-refractivity contribution in [2.45, 2.75) is 102 Å². The summed E-state index contributed by atoms with van der Waals surface area (Å²) in [6, 6.07) is 36.8. The van der Waals surface area contributed by atoms with Crippen molar-refractivity contribution in [2.24, 2.45) is 0 Å². The zero-order chi connectivity index (χ0) is 33.8. The van der Waals surface area contributed by atoms with Gasteiger partial charge in [-0.2, -0.15) is 0 Å². The Kier molecular flexibility index (Phi) is 9.95. The molecule has 0 spiro atoms. The standard InChI is InChI=1S/C43H49NO5/c1-43(2,3)49-42(45)44-24-22-35(23-25-44)48-38-27-37(28-38)47-34-17-14-32(15-18-34)41-39(31-12-8-5-9-13-31)20-16-33-26-36(19-21-40(33)41)46-29-30-10-6-4-7-11-30/h4-15,17-19,21,26,35,37-39,41H,16,20,22-25,27-29H2,1-3H3/t37?,38?,39-,41+/m1/s1. The van der Waals surface area contributed by atoms with E-state index in [2.05, 4.69) is 97.1 Å². The summed E-state index contributed by atoms with van der Waals surface area (Å²) in [6.45, 7) is 7.64. The van der Waals surface area contributed by atoms with E-state index in [4.69, 9.17) is 18.9 Å². The Bertz CT molecular complexity index is 1670. The molecule has 2 aliphatic carbocycles. The van der Waals surface area contributed by atoms with Crippen LogP contribution in [0.25, 0.3) is 0 Å². The van der Waals surface area contributed by atoms with Gasteiger partial charge in [0.15, 0.2) is 0 Å². The largest absolute Gasteiger partial charge is 0.490 e. The van der Waals surface area contributed by atoms with Crippen LogP contribution >= 0.6 is 0 Å². The lowest BCUT2D eigenvalue weighted by Crippen LogP contribution is -2.46. The number of hydrogen-bond donors (Lipinski definition) is 0. The van der Waals surface area contributed by atoms with Crippen LogP contribution < -0.4 is 9.47 Å². The number of piperidine rings is 1. The highest BCUT2D eigenvalue weighted by molar-refractivity contribution is 5.68. The van der Waals surface area contributed by atoms with E-state index in [9.17, 15) is 4.79 Å². The highest BCUT2D eigenvalue weighted by atomic mass is 16.6. The number of carbonyl (C=O) groups is 1. The van der Waals surface area contributed by atoms with Crippen molar-refractivity contribution >= 4 is 6.09 Å². The number of carbonyl (C=O) groups excluding carboxylic acids is 1. The Morgan fingerprint density at radius 1 is 0.735 bits per heavy atom. The van der Waals surface area contributed by atoms with Crippen molar-refractivity contribution in [2.75, 3.05) is 13.1 Å². The number of hydrogen-bond acceptors (Lipinski definition) is 5. The maximum absolute atomic E-state index is 12.4. The maximum atomic E-state index is 12.4. The molecule has 0 unspecified atom stereocenters. The number of aryl methyl sites for hydroxylation is 1. The molecule has 2 fully saturated rings. The highest BCUT2D eigenvalue weighted by Gasteiger charge is 2.36. The molecule has 1 amide bonds. The molecule has 0 radical (unpaired) electrons. The van der Waals surface area contributed by atoms with E-state index in [0.717, 1.165) is 50.0 Å². The second-order valence-electron chi connectivity index (χ2n) is 14.9. The van der Waals surface area contributed by atoms with E-state index in [0.29, 0.717) is 25.6 Å². The van der Waals surface area contributed by atoms with Gasteiger partial charge in [0.1, 0.15) is 29.8 Å². The van der Waals surface area contributed by atoms with Gasteiger partial charge in [0.05, 0.1) is 12.2 Å². The molecule has 1 saturated carbocycles. The number of fused-ring (bicyclic) bond motifs is 1. The first-order chi connectivity index (χ1) is 23.8.